The Kier molecular flexibility index (Phi) is 3.76. The van der Waals surface area contributed by atoms with E-state index in [4.69, 9.17) is 11.6 Å². The summed E-state index contributed by atoms with van der Waals surface area (Å²) in [5.74, 6) is 0.136. The van der Waals surface area contributed by atoms with Gasteiger partial charge in [-0.1, -0.05) is 29.8 Å². The van der Waals surface area contributed by atoms with Crippen LogP contribution in [0.15, 0.2) is 36.9 Å². The molecule has 1 fully saturated rings. The van der Waals surface area contributed by atoms with Crippen molar-refractivity contribution in [2.45, 2.75) is 25.2 Å². The van der Waals surface area contributed by atoms with Crippen molar-refractivity contribution < 1.29 is 4.79 Å². The van der Waals surface area contributed by atoms with Gasteiger partial charge in [0.1, 0.15) is 0 Å². The van der Waals surface area contributed by atoms with Gasteiger partial charge in [0.25, 0.3) is 0 Å². The second-order valence-corrected chi connectivity index (χ2v) is 5.35. The van der Waals surface area contributed by atoms with Gasteiger partial charge in [-0.15, -0.1) is 6.58 Å². The number of carbonyl (C=O) groups excluding carboxylic acids is 1. The van der Waals surface area contributed by atoms with Crippen molar-refractivity contribution in [3.8, 4) is 0 Å². The van der Waals surface area contributed by atoms with E-state index in [-0.39, 0.29) is 5.91 Å². The molecule has 1 atom stereocenters. The highest BCUT2D eigenvalue weighted by molar-refractivity contribution is 6.30. The molecule has 1 aromatic carbocycles. The molecule has 0 spiro atoms. The van der Waals surface area contributed by atoms with Gasteiger partial charge >= 0.3 is 0 Å². The number of carbonyl (C=O) groups is 1. The fourth-order valence-electron chi connectivity index (χ4n) is 2.37. The van der Waals surface area contributed by atoms with Gasteiger partial charge in [-0.2, -0.15) is 0 Å². The number of rotatable bonds is 3. The van der Waals surface area contributed by atoms with Crippen molar-refractivity contribution in [2.75, 3.05) is 13.1 Å². The van der Waals surface area contributed by atoms with Crippen LogP contribution in [0, 0.1) is 0 Å². The molecule has 0 aliphatic carbocycles. The average Bonchev–Trinajstić information content (AvgIpc) is 2.91. The summed E-state index contributed by atoms with van der Waals surface area (Å²) in [5, 5.41) is 0.679. The van der Waals surface area contributed by atoms with Crippen LogP contribution in [0.25, 0.3) is 0 Å². The Morgan fingerprint density at radius 2 is 1.89 bits per heavy atom. The summed E-state index contributed by atoms with van der Waals surface area (Å²) in [4.78, 5) is 14.5. The summed E-state index contributed by atoms with van der Waals surface area (Å²) in [7, 11) is 0. The molecule has 1 amide bonds. The summed E-state index contributed by atoms with van der Waals surface area (Å²) >= 11 is 5.89. The van der Waals surface area contributed by atoms with Crippen LogP contribution in [0.2, 0.25) is 5.02 Å². The number of halogens is 1. The van der Waals surface area contributed by atoms with Crippen LogP contribution in [-0.4, -0.2) is 23.9 Å². The van der Waals surface area contributed by atoms with Crippen molar-refractivity contribution in [3.63, 3.8) is 0 Å². The molecule has 0 saturated carbocycles. The highest BCUT2D eigenvalue weighted by Crippen LogP contribution is 2.30. The number of benzene rings is 1. The summed E-state index contributed by atoms with van der Waals surface area (Å²) in [6, 6.07) is 7.43. The predicted octanol–water partition coefficient (Wildman–Crippen LogP) is 3.41. The Morgan fingerprint density at radius 3 is 2.39 bits per heavy atom. The highest BCUT2D eigenvalue weighted by Gasteiger charge is 2.36. The van der Waals surface area contributed by atoms with Gasteiger partial charge in [-0.3, -0.25) is 4.79 Å². The minimum atomic E-state index is -0.658. The Bertz CT molecular complexity index is 448. The van der Waals surface area contributed by atoms with E-state index in [1.165, 1.54) is 0 Å². The van der Waals surface area contributed by atoms with Crippen LogP contribution in [0.3, 0.4) is 0 Å². The molecule has 1 aliphatic heterocycles. The molecule has 1 aromatic rings. The summed E-state index contributed by atoms with van der Waals surface area (Å²) < 4.78 is 0. The maximum atomic E-state index is 12.6. The molecule has 0 radical (unpaired) electrons. The number of hydrogen-bond donors (Lipinski definition) is 0. The molecule has 18 heavy (non-hydrogen) atoms. The number of likely N-dealkylation sites (tertiary alicyclic amines) is 1. The summed E-state index contributed by atoms with van der Waals surface area (Å²) in [5.41, 5.74) is 0.286. The van der Waals surface area contributed by atoms with Gasteiger partial charge < -0.3 is 4.90 Å². The molecular formula is C15H18ClNO. The lowest BCUT2D eigenvalue weighted by Crippen LogP contribution is -2.42. The third-order valence-electron chi connectivity index (χ3n) is 3.69. The molecule has 0 N–H and O–H groups in total. The monoisotopic (exact) mass is 263 g/mol. The van der Waals surface area contributed by atoms with Crippen molar-refractivity contribution in [1.82, 2.24) is 4.90 Å². The van der Waals surface area contributed by atoms with E-state index >= 15 is 0 Å². The van der Waals surface area contributed by atoms with E-state index in [1.807, 2.05) is 36.1 Å². The lowest BCUT2D eigenvalue weighted by atomic mass is 9.81. The molecule has 1 aliphatic rings. The standard InChI is InChI=1S/C15H18ClNO/c1-3-15(2,12-6-8-13(16)9-7-12)14(18)17-10-4-5-11-17/h3,6-9H,1,4-5,10-11H2,2H3/t15-/m0/s1. The number of hydrogen-bond acceptors (Lipinski definition) is 1. The molecule has 0 aromatic heterocycles. The second-order valence-electron chi connectivity index (χ2n) is 4.91. The molecule has 2 nitrogen and oxygen atoms in total. The smallest absolute Gasteiger partial charge is 0.236 e. The first kappa shape index (κ1) is 13.2. The molecule has 3 heteroatoms. The zero-order valence-electron chi connectivity index (χ0n) is 10.7. The van der Waals surface area contributed by atoms with Gasteiger partial charge in [-0.25, -0.2) is 0 Å². The zero-order chi connectivity index (χ0) is 13.2. The van der Waals surface area contributed by atoms with Gasteiger partial charge in [0.15, 0.2) is 0 Å². The van der Waals surface area contributed by atoms with Crippen molar-refractivity contribution in [1.29, 1.82) is 0 Å². The molecule has 2 rings (SSSR count). The average molecular weight is 264 g/mol. The van der Waals surface area contributed by atoms with E-state index in [0.29, 0.717) is 5.02 Å². The third kappa shape index (κ3) is 2.30. The number of nitrogens with zero attached hydrogens (tertiary/aromatic N) is 1. The molecule has 0 bridgehead atoms. The zero-order valence-corrected chi connectivity index (χ0v) is 11.4. The highest BCUT2D eigenvalue weighted by atomic mass is 35.5. The minimum absolute atomic E-state index is 0.136. The van der Waals surface area contributed by atoms with Crippen LogP contribution in [0.5, 0.6) is 0 Å². The topological polar surface area (TPSA) is 20.3 Å². The minimum Gasteiger partial charge on any atom is -0.342 e. The largest absolute Gasteiger partial charge is 0.342 e. The van der Waals surface area contributed by atoms with Gasteiger partial charge in [0.2, 0.25) is 5.91 Å². The lowest BCUT2D eigenvalue weighted by molar-refractivity contribution is -0.134. The maximum absolute atomic E-state index is 12.6. The Balaban J connectivity index is 2.31. The first-order chi connectivity index (χ1) is 8.58. The fourth-order valence-corrected chi connectivity index (χ4v) is 2.50. The fraction of sp³-hybridized carbons (Fsp3) is 0.400. The molecule has 1 saturated heterocycles. The molecule has 96 valence electrons. The Labute approximate surface area is 113 Å². The molecule has 1 heterocycles. The third-order valence-corrected chi connectivity index (χ3v) is 3.94. The Hall–Kier alpha value is -1.28. The number of amides is 1. The van der Waals surface area contributed by atoms with Crippen LogP contribution in [0.1, 0.15) is 25.3 Å². The quantitative estimate of drug-likeness (QED) is 0.766. The van der Waals surface area contributed by atoms with Crippen molar-refractivity contribution >= 4 is 17.5 Å². The second kappa shape index (κ2) is 5.15. The SMILES string of the molecule is C=C[C@](C)(C(=O)N1CCCC1)c1ccc(Cl)cc1. The first-order valence-corrected chi connectivity index (χ1v) is 6.65. The normalized spacial score (nSPS) is 18.4. The lowest BCUT2D eigenvalue weighted by Gasteiger charge is -2.30. The van der Waals surface area contributed by atoms with Crippen molar-refractivity contribution in [3.05, 3.63) is 47.5 Å². The molecule has 0 unspecified atom stereocenters. The van der Waals surface area contributed by atoms with Crippen LogP contribution in [-0.2, 0) is 10.2 Å². The summed E-state index contributed by atoms with van der Waals surface area (Å²) in [6.45, 7) is 7.48. The summed E-state index contributed by atoms with van der Waals surface area (Å²) in [6.07, 6.45) is 3.93. The van der Waals surface area contributed by atoms with Crippen LogP contribution in [0.4, 0.5) is 0 Å². The maximum Gasteiger partial charge on any atom is 0.236 e. The predicted molar refractivity (Wildman–Crippen MR) is 74.8 cm³/mol. The van der Waals surface area contributed by atoms with E-state index in [0.717, 1.165) is 31.5 Å². The molecular weight excluding hydrogens is 246 g/mol. The van der Waals surface area contributed by atoms with Crippen molar-refractivity contribution in [2.24, 2.45) is 0 Å². The van der Waals surface area contributed by atoms with E-state index in [1.54, 1.807) is 6.08 Å². The van der Waals surface area contributed by atoms with Gasteiger partial charge in [-0.05, 0) is 37.5 Å². The van der Waals surface area contributed by atoms with E-state index in [2.05, 4.69) is 6.58 Å². The van der Waals surface area contributed by atoms with E-state index in [9.17, 15) is 4.79 Å². The first-order valence-electron chi connectivity index (χ1n) is 6.27. The Morgan fingerprint density at radius 1 is 1.33 bits per heavy atom. The van der Waals surface area contributed by atoms with Gasteiger partial charge in [0, 0.05) is 18.1 Å². The van der Waals surface area contributed by atoms with Crippen LogP contribution < -0.4 is 0 Å². The van der Waals surface area contributed by atoms with Gasteiger partial charge in [0.05, 0.1) is 5.41 Å². The van der Waals surface area contributed by atoms with Crippen LogP contribution >= 0.6 is 11.6 Å². The van der Waals surface area contributed by atoms with E-state index < -0.39 is 5.41 Å².